The quantitative estimate of drug-likeness (QED) is 0.554. The predicted molar refractivity (Wildman–Crippen MR) is 79.1 cm³/mol. The fourth-order valence-electron chi connectivity index (χ4n) is 2.45. The Balaban J connectivity index is 2.19. The Labute approximate surface area is 116 Å². The van der Waals surface area contributed by atoms with E-state index < -0.39 is 0 Å². The lowest BCUT2D eigenvalue weighted by molar-refractivity contribution is 0.112. The SMILES string of the molecule is Bc1cc(C=O)c2oc(N3CCOCC3)cc(=O)c2c1. The van der Waals surface area contributed by atoms with Gasteiger partial charge in [-0.25, -0.2) is 0 Å². The Hall–Kier alpha value is -2.08. The molecule has 3 rings (SSSR count). The van der Waals surface area contributed by atoms with Gasteiger partial charge in [-0.15, -0.1) is 0 Å². The van der Waals surface area contributed by atoms with Crippen LogP contribution in [0.25, 0.3) is 11.0 Å². The van der Waals surface area contributed by atoms with E-state index in [1.54, 1.807) is 12.1 Å². The van der Waals surface area contributed by atoms with Crippen molar-refractivity contribution >= 4 is 36.4 Å². The van der Waals surface area contributed by atoms with Crippen molar-refractivity contribution in [3.63, 3.8) is 0 Å². The van der Waals surface area contributed by atoms with Crippen LogP contribution in [0.1, 0.15) is 10.4 Å². The van der Waals surface area contributed by atoms with Gasteiger partial charge in [-0.05, 0) is 0 Å². The van der Waals surface area contributed by atoms with Gasteiger partial charge in [0.05, 0.1) is 24.2 Å². The molecule has 1 saturated heterocycles. The number of aldehydes is 1. The fraction of sp³-hybridized carbons (Fsp3) is 0.286. The zero-order valence-electron chi connectivity index (χ0n) is 11.2. The summed E-state index contributed by atoms with van der Waals surface area (Å²) in [5.41, 5.74) is 1.51. The summed E-state index contributed by atoms with van der Waals surface area (Å²) in [6.45, 7) is 2.57. The molecule has 1 aromatic carbocycles. The van der Waals surface area contributed by atoms with Gasteiger partial charge < -0.3 is 14.1 Å². The topological polar surface area (TPSA) is 59.8 Å². The van der Waals surface area contributed by atoms with E-state index >= 15 is 0 Å². The number of hydrogen-bond donors (Lipinski definition) is 0. The van der Waals surface area contributed by atoms with E-state index in [1.165, 1.54) is 6.07 Å². The Morgan fingerprint density at radius 1 is 1.20 bits per heavy atom. The van der Waals surface area contributed by atoms with Crippen LogP contribution in [-0.2, 0) is 4.74 Å². The van der Waals surface area contributed by atoms with Crippen molar-refractivity contribution in [1.29, 1.82) is 0 Å². The molecular weight excluding hydrogens is 257 g/mol. The molecule has 0 saturated carbocycles. The molecule has 1 fully saturated rings. The van der Waals surface area contributed by atoms with Crippen LogP contribution in [-0.4, -0.2) is 40.4 Å². The molecule has 2 heterocycles. The minimum atomic E-state index is -0.125. The van der Waals surface area contributed by atoms with Crippen molar-refractivity contribution in [3.8, 4) is 0 Å². The van der Waals surface area contributed by atoms with Gasteiger partial charge in [0.25, 0.3) is 0 Å². The van der Waals surface area contributed by atoms with Crippen molar-refractivity contribution < 1.29 is 13.9 Å². The summed E-state index contributed by atoms with van der Waals surface area (Å²) in [5, 5.41) is 0.448. The first kappa shape index (κ1) is 12.9. The lowest BCUT2D eigenvalue weighted by Gasteiger charge is -2.27. The van der Waals surface area contributed by atoms with Crippen molar-refractivity contribution in [1.82, 2.24) is 0 Å². The maximum atomic E-state index is 12.2. The van der Waals surface area contributed by atoms with E-state index in [2.05, 4.69) is 0 Å². The zero-order chi connectivity index (χ0) is 14.1. The van der Waals surface area contributed by atoms with E-state index in [4.69, 9.17) is 9.15 Å². The first-order valence-electron chi connectivity index (χ1n) is 6.55. The molecule has 0 bridgehead atoms. The largest absolute Gasteiger partial charge is 0.440 e. The van der Waals surface area contributed by atoms with Gasteiger partial charge in [-0.2, -0.15) is 0 Å². The summed E-state index contributed by atoms with van der Waals surface area (Å²) >= 11 is 0. The molecular formula is C14H14BNO4. The number of carbonyl (C=O) groups excluding carboxylic acids is 1. The highest BCUT2D eigenvalue weighted by Crippen LogP contribution is 2.21. The summed E-state index contributed by atoms with van der Waals surface area (Å²) in [4.78, 5) is 25.4. The molecule has 1 aliphatic heterocycles. The van der Waals surface area contributed by atoms with Crippen LogP contribution in [0.5, 0.6) is 0 Å². The van der Waals surface area contributed by atoms with Crippen LogP contribution in [0.15, 0.2) is 27.4 Å². The Morgan fingerprint density at radius 3 is 2.65 bits per heavy atom. The van der Waals surface area contributed by atoms with E-state index in [1.807, 2.05) is 12.7 Å². The minimum absolute atomic E-state index is 0.125. The second-order valence-electron chi connectivity index (χ2n) is 4.90. The number of morpholine rings is 1. The predicted octanol–water partition coefficient (Wildman–Crippen LogP) is -0.300. The monoisotopic (exact) mass is 271 g/mol. The molecule has 5 nitrogen and oxygen atoms in total. The highest BCUT2D eigenvalue weighted by atomic mass is 16.5. The van der Waals surface area contributed by atoms with Gasteiger partial charge in [-0.3, -0.25) is 9.59 Å². The molecule has 0 amide bonds. The van der Waals surface area contributed by atoms with E-state index in [9.17, 15) is 9.59 Å². The van der Waals surface area contributed by atoms with Crippen LogP contribution in [0.4, 0.5) is 5.88 Å². The number of fused-ring (bicyclic) bond motifs is 1. The normalized spacial score (nSPS) is 15.5. The van der Waals surface area contributed by atoms with Gasteiger partial charge >= 0.3 is 0 Å². The fourth-order valence-corrected chi connectivity index (χ4v) is 2.45. The molecule has 0 N–H and O–H groups in total. The third kappa shape index (κ3) is 2.23. The number of anilines is 1. The van der Waals surface area contributed by atoms with Gasteiger partial charge in [0, 0.05) is 19.2 Å². The van der Waals surface area contributed by atoms with E-state index in [0.717, 1.165) is 11.7 Å². The van der Waals surface area contributed by atoms with Crippen molar-refractivity contribution in [2.24, 2.45) is 0 Å². The summed E-state index contributed by atoms with van der Waals surface area (Å²) in [7, 11) is 1.85. The number of hydrogen-bond acceptors (Lipinski definition) is 5. The molecule has 0 aliphatic carbocycles. The van der Waals surface area contributed by atoms with Crippen LogP contribution in [0.2, 0.25) is 0 Å². The summed E-state index contributed by atoms with van der Waals surface area (Å²) in [6.07, 6.45) is 0.724. The lowest BCUT2D eigenvalue weighted by atomic mass is 9.92. The minimum Gasteiger partial charge on any atom is -0.440 e. The molecule has 0 spiro atoms. The van der Waals surface area contributed by atoms with Crippen LogP contribution >= 0.6 is 0 Å². The Kier molecular flexibility index (Phi) is 3.32. The average molecular weight is 271 g/mol. The van der Waals surface area contributed by atoms with Crippen molar-refractivity contribution in [2.45, 2.75) is 0 Å². The average Bonchev–Trinajstić information content (AvgIpc) is 2.48. The maximum absolute atomic E-state index is 12.2. The number of carbonyl (C=O) groups is 1. The number of ether oxygens (including phenoxy) is 1. The van der Waals surface area contributed by atoms with Gasteiger partial charge in [-0.1, -0.05) is 17.6 Å². The van der Waals surface area contributed by atoms with E-state index in [0.29, 0.717) is 48.7 Å². The van der Waals surface area contributed by atoms with Gasteiger partial charge in [0.15, 0.2) is 23.2 Å². The molecule has 0 atom stereocenters. The first-order chi connectivity index (χ1) is 9.69. The molecule has 2 aromatic rings. The number of rotatable bonds is 2. The molecule has 0 unspecified atom stereocenters. The molecule has 1 aliphatic rings. The zero-order valence-corrected chi connectivity index (χ0v) is 11.2. The van der Waals surface area contributed by atoms with Crippen molar-refractivity contribution in [3.05, 3.63) is 34.0 Å². The Morgan fingerprint density at radius 2 is 1.95 bits per heavy atom. The van der Waals surface area contributed by atoms with Gasteiger partial charge in [0.1, 0.15) is 7.85 Å². The van der Waals surface area contributed by atoms with Crippen LogP contribution in [0, 0.1) is 0 Å². The standard InChI is InChI=1S/C14H14BNO4/c15-10-5-9(8-17)14-11(6-10)12(18)7-13(20-14)16-1-3-19-4-2-16/h5-8H,1-4,15H2. The third-order valence-corrected chi connectivity index (χ3v) is 3.44. The smallest absolute Gasteiger partial charge is 0.200 e. The number of benzene rings is 1. The summed E-state index contributed by atoms with van der Waals surface area (Å²) in [6, 6.07) is 4.96. The van der Waals surface area contributed by atoms with Crippen LogP contribution in [0.3, 0.4) is 0 Å². The molecule has 0 radical (unpaired) electrons. The molecule has 102 valence electrons. The first-order valence-corrected chi connectivity index (χ1v) is 6.55. The van der Waals surface area contributed by atoms with Crippen LogP contribution < -0.4 is 15.8 Å². The Bertz CT molecular complexity index is 719. The molecule has 6 heteroatoms. The summed E-state index contributed by atoms with van der Waals surface area (Å²) < 4.78 is 11.1. The highest BCUT2D eigenvalue weighted by Gasteiger charge is 2.16. The van der Waals surface area contributed by atoms with E-state index in [-0.39, 0.29) is 5.43 Å². The highest BCUT2D eigenvalue weighted by molar-refractivity contribution is 6.33. The summed E-state index contributed by atoms with van der Waals surface area (Å²) in [5.74, 6) is 0.498. The van der Waals surface area contributed by atoms with Gasteiger partial charge in [0.2, 0.25) is 0 Å². The second kappa shape index (κ2) is 5.13. The van der Waals surface area contributed by atoms with Crippen molar-refractivity contribution in [2.75, 3.05) is 31.2 Å². The third-order valence-electron chi connectivity index (χ3n) is 3.44. The second-order valence-corrected chi connectivity index (χ2v) is 4.90. The molecule has 20 heavy (non-hydrogen) atoms. The lowest BCUT2D eigenvalue weighted by Crippen LogP contribution is -2.36. The number of nitrogens with zero attached hydrogens (tertiary/aromatic N) is 1. The molecule has 1 aromatic heterocycles. The maximum Gasteiger partial charge on any atom is 0.200 e.